The number of carbonyl (C=O) groups excluding carboxylic acids is 1. The Labute approximate surface area is 179 Å². The molecule has 3 aromatic rings. The Kier molecular flexibility index (Phi) is 6.99. The second-order valence-corrected chi connectivity index (χ2v) is 8.04. The molecule has 1 fully saturated rings. The molecule has 1 aliphatic rings. The minimum atomic E-state index is 0.199. The van der Waals surface area contributed by atoms with Gasteiger partial charge in [-0.05, 0) is 55.0 Å². The predicted octanol–water partition coefficient (Wildman–Crippen LogP) is 4.95. The molecular formula is C26H30N2O2. The van der Waals surface area contributed by atoms with Crippen LogP contribution in [0.4, 0.5) is 5.69 Å². The molecule has 1 aromatic heterocycles. The number of benzene rings is 2. The number of rotatable bonds is 8. The van der Waals surface area contributed by atoms with Crippen molar-refractivity contribution in [1.29, 1.82) is 0 Å². The highest BCUT2D eigenvalue weighted by molar-refractivity contribution is 5.94. The van der Waals surface area contributed by atoms with E-state index in [2.05, 4.69) is 52.3 Å². The molecule has 156 valence electrons. The standard InChI is InChI=1S/C26H30N2O2/c29-26(12-11-23-16-20-30-21-23)28(24-9-5-2-6-10-24)25-14-18-27(19-15-25)17-13-22-7-3-1-4-8-22/h1-10,16,20-21,25H,11-15,17-19H2. The van der Waals surface area contributed by atoms with E-state index < -0.39 is 0 Å². The highest BCUT2D eigenvalue weighted by Gasteiger charge is 2.28. The van der Waals surface area contributed by atoms with E-state index in [-0.39, 0.29) is 11.9 Å². The van der Waals surface area contributed by atoms with E-state index >= 15 is 0 Å². The molecule has 0 unspecified atom stereocenters. The summed E-state index contributed by atoms with van der Waals surface area (Å²) < 4.78 is 5.14. The van der Waals surface area contributed by atoms with E-state index in [0.29, 0.717) is 12.8 Å². The maximum Gasteiger partial charge on any atom is 0.227 e. The first-order valence-electron chi connectivity index (χ1n) is 10.9. The summed E-state index contributed by atoms with van der Waals surface area (Å²) in [6.07, 6.45) is 7.72. The van der Waals surface area contributed by atoms with Crippen molar-refractivity contribution in [1.82, 2.24) is 4.90 Å². The van der Waals surface area contributed by atoms with Crippen molar-refractivity contribution >= 4 is 11.6 Å². The number of amides is 1. The Morgan fingerprint density at radius 2 is 1.60 bits per heavy atom. The second-order valence-electron chi connectivity index (χ2n) is 8.04. The van der Waals surface area contributed by atoms with Crippen molar-refractivity contribution in [2.24, 2.45) is 0 Å². The number of likely N-dealkylation sites (tertiary alicyclic amines) is 1. The maximum absolute atomic E-state index is 13.2. The first-order valence-corrected chi connectivity index (χ1v) is 10.9. The summed E-state index contributed by atoms with van der Waals surface area (Å²) in [6.45, 7) is 3.15. The van der Waals surface area contributed by atoms with Crippen LogP contribution < -0.4 is 4.90 Å². The molecule has 0 bridgehead atoms. The van der Waals surface area contributed by atoms with Gasteiger partial charge in [0.05, 0.1) is 12.5 Å². The number of piperidine rings is 1. The Morgan fingerprint density at radius 1 is 0.900 bits per heavy atom. The lowest BCUT2D eigenvalue weighted by Gasteiger charge is -2.38. The van der Waals surface area contributed by atoms with Crippen LogP contribution in [0, 0.1) is 0 Å². The van der Waals surface area contributed by atoms with E-state index in [9.17, 15) is 4.79 Å². The molecule has 0 radical (unpaired) electrons. The Bertz CT molecular complexity index is 885. The molecule has 4 nitrogen and oxygen atoms in total. The molecule has 1 aliphatic heterocycles. The number of hydrogen-bond acceptors (Lipinski definition) is 3. The van der Waals surface area contributed by atoms with Gasteiger partial charge in [0.25, 0.3) is 0 Å². The van der Waals surface area contributed by atoms with Gasteiger partial charge in [-0.3, -0.25) is 4.79 Å². The van der Waals surface area contributed by atoms with Gasteiger partial charge in [-0.15, -0.1) is 0 Å². The number of carbonyl (C=O) groups is 1. The molecule has 0 N–H and O–H groups in total. The third-order valence-corrected chi connectivity index (χ3v) is 5.99. The van der Waals surface area contributed by atoms with Crippen molar-refractivity contribution in [3.8, 4) is 0 Å². The highest BCUT2D eigenvalue weighted by Crippen LogP contribution is 2.25. The van der Waals surface area contributed by atoms with Crippen molar-refractivity contribution in [2.45, 2.75) is 38.1 Å². The van der Waals surface area contributed by atoms with Gasteiger partial charge in [-0.25, -0.2) is 0 Å². The van der Waals surface area contributed by atoms with E-state index in [1.165, 1.54) is 5.56 Å². The molecule has 2 aromatic carbocycles. The lowest BCUT2D eigenvalue weighted by atomic mass is 10.0. The van der Waals surface area contributed by atoms with E-state index in [4.69, 9.17) is 4.42 Å². The third kappa shape index (κ3) is 5.39. The summed E-state index contributed by atoms with van der Waals surface area (Å²) in [6, 6.07) is 23.0. The minimum Gasteiger partial charge on any atom is -0.472 e. The van der Waals surface area contributed by atoms with Gasteiger partial charge in [0, 0.05) is 37.8 Å². The monoisotopic (exact) mass is 402 g/mol. The predicted molar refractivity (Wildman–Crippen MR) is 121 cm³/mol. The summed E-state index contributed by atoms with van der Waals surface area (Å²) in [7, 11) is 0. The number of hydrogen-bond donors (Lipinski definition) is 0. The quantitative estimate of drug-likeness (QED) is 0.535. The largest absolute Gasteiger partial charge is 0.472 e. The van der Waals surface area contributed by atoms with Gasteiger partial charge < -0.3 is 14.2 Å². The number of aryl methyl sites for hydroxylation is 1. The summed E-state index contributed by atoms with van der Waals surface area (Å²) >= 11 is 0. The van der Waals surface area contributed by atoms with Crippen molar-refractivity contribution in [3.63, 3.8) is 0 Å². The molecule has 4 heteroatoms. The number of para-hydroxylation sites is 1. The highest BCUT2D eigenvalue weighted by atomic mass is 16.3. The van der Waals surface area contributed by atoms with Crippen molar-refractivity contribution < 1.29 is 9.21 Å². The molecule has 30 heavy (non-hydrogen) atoms. The van der Waals surface area contributed by atoms with E-state index in [1.807, 2.05) is 24.3 Å². The molecule has 2 heterocycles. The van der Waals surface area contributed by atoms with Crippen LogP contribution in [-0.2, 0) is 17.6 Å². The Hall–Kier alpha value is -2.85. The van der Waals surface area contributed by atoms with Gasteiger partial charge in [-0.1, -0.05) is 48.5 Å². The molecule has 1 saturated heterocycles. The fourth-order valence-electron chi connectivity index (χ4n) is 4.29. The topological polar surface area (TPSA) is 36.7 Å². The van der Waals surface area contributed by atoms with Crippen LogP contribution in [0.15, 0.2) is 83.7 Å². The lowest BCUT2D eigenvalue weighted by molar-refractivity contribution is -0.119. The fraction of sp³-hybridized carbons (Fsp3) is 0.346. The van der Waals surface area contributed by atoms with Crippen LogP contribution >= 0.6 is 0 Å². The zero-order chi connectivity index (χ0) is 20.6. The maximum atomic E-state index is 13.2. The Balaban J connectivity index is 1.36. The van der Waals surface area contributed by atoms with Crippen LogP contribution in [0.5, 0.6) is 0 Å². The normalized spacial score (nSPS) is 15.2. The molecule has 1 amide bonds. The van der Waals surface area contributed by atoms with Gasteiger partial charge >= 0.3 is 0 Å². The average Bonchev–Trinajstić information content (AvgIpc) is 3.33. The minimum absolute atomic E-state index is 0.199. The first-order chi connectivity index (χ1) is 14.8. The smallest absolute Gasteiger partial charge is 0.227 e. The zero-order valence-electron chi connectivity index (χ0n) is 17.5. The van der Waals surface area contributed by atoms with Crippen LogP contribution in [0.1, 0.15) is 30.4 Å². The summed E-state index contributed by atoms with van der Waals surface area (Å²) in [5, 5.41) is 0. The molecule has 0 atom stereocenters. The first kappa shape index (κ1) is 20.4. The van der Waals surface area contributed by atoms with E-state index in [0.717, 1.165) is 50.1 Å². The van der Waals surface area contributed by atoms with E-state index in [1.54, 1.807) is 12.5 Å². The molecule has 4 rings (SSSR count). The molecular weight excluding hydrogens is 372 g/mol. The number of furan rings is 1. The van der Waals surface area contributed by atoms with Crippen LogP contribution in [0.2, 0.25) is 0 Å². The number of nitrogens with zero attached hydrogens (tertiary/aromatic N) is 2. The SMILES string of the molecule is O=C(CCc1ccoc1)N(c1ccccc1)C1CCN(CCc2ccccc2)CC1. The summed E-state index contributed by atoms with van der Waals surface area (Å²) in [5.41, 5.74) is 3.48. The average molecular weight is 403 g/mol. The van der Waals surface area contributed by atoms with Crippen molar-refractivity contribution in [2.75, 3.05) is 24.5 Å². The number of anilines is 1. The fourth-order valence-corrected chi connectivity index (χ4v) is 4.29. The zero-order valence-corrected chi connectivity index (χ0v) is 17.5. The van der Waals surface area contributed by atoms with Crippen LogP contribution in [0.3, 0.4) is 0 Å². The van der Waals surface area contributed by atoms with Crippen LogP contribution in [-0.4, -0.2) is 36.5 Å². The van der Waals surface area contributed by atoms with Gasteiger partial charge in [0.15, 0.2) is 0 Å². The Morgan fingerprint density at radius 3 is 2.27 bits per heavy atom. The molecule has 0 saturated carbocycles. The third-order valence-electron chi connectivity index (χ3n) is 5.99. The van der Waals surface area contributed by atoms with Crippen molar-refractivity contribution in [3.05, 3.63) is 90.4 Å². The molecule has 0 spiro atoms. The summed E-state index contributed by atoms with van der Waals surface area (Å²) in [5.74, 6) is 0.199. The van der Waals surface area contributed by atoms with Gasteiger partial charge in [-0.2, -0.15) is 0 Å². The lowest BCUT2D eigenvalue weighted by Crippen LogP contribution is -2.48. The van der Waals surface area contributed by atoms with Crippen LogP contribution in [0.25, 0.3) is 0 Å². The van der Waals surface area contributed by atoms with Gasteiger partial charge in [0.1, 0.15) is 0 Å². The van der Waals surface area contributed by atoms with Gasteiger partial charge in [0.2, 0.25) is 5.91 Å². The molecule has 0 aliphatic carbocycles. The second kappa shape index (κ2) is 10.3. The summed E-state index contributed by atoms with van der Waals surface area (Å²) in [4.78, 5) is 17.8.